The number of fused-ring (bicyclic) bond motifs is 3. The van der Waals surface area contributed by atoms with Gasteiger partial charge in [-0.1, -0.05) is 6.92 Å². The van der Waals surface area contributed by atoms with Crippen molar-refractivity contribution in [3.63, 3.8) is 0 Å². The molecule has 1 heterocycles. The molecule has 0 N–H and O–H groups in total. The molecule has 3 heteroatoms. The van der Waals surface area contributed by atoms with Crippen molar-refractivity contribution in [3.8, 4) is 0 Å². The molecular formula is C15H18O3. The molecule has 0 spiro atoms. The van der Waals surface area contributed by atoms with Crippen molar-refractivity contribution < 1.29 is 14.3 Å². The minimum atomic E-state index is -0.206. The summed E-state index contributed by atoms with van der Waals surface area (Å²) >= 11 is 0. The highest BCUT2D eigenvalue weighted by Gasteiger charge is 2.44. The maximum absolute atomic E-state index is 12.0. The van der Waals surface area contributed by atoms with Crippen molar-refractivity contribution in [1.82, 2.24) is 0 Å². The summed E-state index contributed by atoms with van der Waals surface area (Å²) in [6.07, 6.45) is 2.41. The predicted molar refractivity (Wildman–Crippen MR) is 66.8 cm³/mol. The summed E-state index contributed by atoms with van der Waals surface area (Å²) in [7, 11) is 0. The summed E-state index contributed by atoms with van der Waals surface area (Å²) < 4.78 is 5.44. The highest BCUT2D eigenvalue weighted by Crippen LogP contribution is 2.48. The largest absolute Gasteiger partial charge is 0.454 e. The molecule has 0 aromatic rings. The van der Waals surface area contributed by atoms with Gasteiger partial charge in [0.25, 0.3) is 0 Å². The van der Waals surface area contributed by atoms with E-state index in [4.69, 9.17) is 4.74 Å². The fraction of sp³-hybridized carbons (Fsp3) is 0.600. The number of ether oxygens (including phenoxy) is 1. The van der Waals surface area contributed by atoms with Crippen molar-refractivity contribution in [2.75, 3.05) is 0 Å². The molecule has 0 saturated heterocycles. The van der Waals surface area contributed by atoms with Gasteiger partial charge in [-0.25, -0.2) is 4.79 Å². The summed E-state index contributed by atoms with van der Waals surface area (Å²) in [5.41, 5.74) is 3.71. The summed E-state index contributed by atoms with van der Waals surface area (Å²) in [5.74, 6) is 0.818. The second-order valence-corrected chi connectivity index (χ2v) is 5.76. The van der Waals surface area contributed by atoms with Gasteiger partial charge in [0.15, 0.2) is 5.78 Å². The Morgan fingerprint density at radius 3 is 2.50 bits per heavy atom. The van der Waals surface area contributed by atoms with E-state index in [9.17, 15) is 9.59 Å². The van der Waals surface area contributed by atoms with E-state index in [0.29, 0.717) is 23.8 Å². The van der Waals surface area contributed by atoms with E-state index in [2.05, 4.69) is 6.92 Å². The summed E-state index contributed by atoms with van der Waals surface area (Å²) in [4.78, 5) is 23.7. The first-order valence-electron chi connectivity index (χ1n) is 6.66. The smallest absolute Gasteiger partial charge is 0.334 e. The van der Waals surface area contributed by atoms with Crippen molar-refractivity contribution in [3.05, 3.63) is 22.3 Å². The number of ketones is 1. The average Bonchev–Trinajstić information content (AvgIpc) is 2.71. The molecule has 3 nitrogen and oxygen atoms in total. The Balaban J connectivity index is 2.19. The van der Waals surface area contributed by atoms with Gasteiger partial charge in [0.05, 0.1) is 0 Å². The Bertz CT molecular complexity index is 510. The predicted octanol–water partition coefficient (Wildman–Crippen LogP) is 2.56. The number of rotatable bonds is 0. The normalized spacial score (nSPS) is 35.6. The Morgan fingerprint density at radius 1 is 1.06 bits per heavy atom. The number of esters is 1. The van der Waals surface area contributed by atoms with Crippen LogP contribution >= 0.6 is 0 Å². The van der Waals surface area contributed by atoms with Crippen LogP contribution in [-0.2, 0) is 14.3 Å². The molecule has 3 atom stereocenters. The summed E-state index contributed by atoms with van der Waals surface area (Å²) in [6.45, 7) is 5.93. The molecule has 0 bridgehead atoms. The van der Waals surface area contributed by atoms with Crippen LogP contribution in [0.4, 0.5) is 0 Å². The van der Waals surface area contributed by atoms with Crippen molar-refractivity contribution in [2.24, 2.45) is 11.8 Å². The SMILES string of the molecule is CC1=C2C3=C(C)C(=O)C[C@@H]3[C@@H](C)CCC2OC1=O. The molecule has 1 fully saturated rings. The zero-order valence-electron chi connectivity index (χ0n) is 11.1. The molecule has 2 aliphatic carbocycles. The molecule has 0 aromatic heterocycles. The number of Topliss-reactive ketones (excluding diaryl/α,β-unsaturated/α-hetero) is 1. The number of carbonyl (C=O) groups is 2. The minimum absolute atomic E-state index is 0.110. The van der Waals surface area contributed by atoms with Gasteiger partial charge in [-0.3, -0.25) is 4.79 Å². The van der Waals surface area contributed by atoms with Crippen LogP contribution in [0.1, 0.15) is 40.0 Å². The van der Waals surface area contributed by atoms with Crippen molar-refractivity contribution in [1.29, 1.82) is 0 Å². The lowest BCUT2D eigenvalue weighted by molar-refractivity contribution is -0.139. The lowest BCUT2D eigenvalue weighted by Crippen LogP contribution is -2.11. The lowest BCUT2D eigenvalue weighted by atomic mass is 9.84. The standard InChI is InChI=1S/C15H18O3/c1-7-4-5-12-14(9(3)15(17)18-12)13-8(2)11(16)6-10(7)13/h7,10,12H,4-6H2,1-3H3/t7-,10+,12?/m0/s1. The maximum Gasteiger partial charge on any atom is 0.334 e. The van der Waals surface area contributed by atoms with Gasteiger partial charge < -0.3 is 4.74 Å². The van der Waals surface area contributed by atoms with Crippen LogP contribution in [0.2, 0.25) is 0 Å². The van der Waals surface area contributed by atoms with E-state index in [1.165, 1.54) is 0 Å². The highest BCUT2D eigenvalue weighted by molar-refractivity contribution is 6.01. The molecule has 3 rings (SSSR count). The molecule has 1 saturated carbocycles. The van der Waals surface area contributed by atoms with Gasteiger partial charge in [-0.15, -0.1) is 0 Å². The second kappa shape index (κ2) is 3.81. The molecule has 0 amide bonds. The third-order valence-electron chi connectivity index (χ3n) is 4.74. The van der Waals surface area contributed by atoms with Gasteiger partial charge in [0.1, 0.15) is 6.10 Å². The summed E-state index contributed by atoms with van der Waals surface area (Å²) in [5, 5.41) is 0. The topological polar surface area (TPSA) is 43.4 Å². The third kappa shape index (κ3) is 1.43. The molecule has 18 heavy (non-hydrogen) atoms. The van der Waals surface area contributed by atoms with E-state index < -0.39 is 0 Å². The number of hydrogen-bond donors (Lipinski definition) is 0. The Morgan fingerprint density at radius 2 is 1.78 bits per heavy atom. The fourth-order valence-corrected chi connectivity index (χ4v) is 3.59. The number of allylic oxidation sites excluding steroid dienone is 1. The van der Waals surface area contributed by atoms with Gasteiger partial charge in [0.2, 0.25) is 0 Å². The van der Waals surface area contributed by atoms with Crippen LogP contribution in [0.15, 0.2) is 22.3 Å². The molecule has 3 aliphatic rings. The summed E-state index contributed by atoms with van der Waals surface area (Å²) in [6, 6.07) is 0. The molecule has 1 unspecified atom stereocenters. The molecule has 0 radical (unpaired) electrons. The lowest BCUT2D eigenvalue weighted by Gasteiger charge is -2.19. The van der Waals surface area contributed by atoms with Crippen molar-refractivity contribution >= 4 is 11.8 Å². The molecule has 1 aliphatic heterocycles. The molecular weight excluding hydrogens is 228 g/mol. The first kappa shape index (κ1) is 11.7. The average molecular weight is 246 g/mol. The minimum Gasteiger partial charge on any atom is -0.454 e. The highest BCUT2D eigenvalue weighted by atomic mass is 16.5. The van der Waals surface area contributed by atoms with Crippen LogP contribution in [0, 0.1) is 11.8 Å². The molecule has 96 valence electrons. The van der Waals surface area contributed by atoms with Gasteiger partial charge in [-0.05, 0) is 49.7 Å². The van der Waals surface area contributed by atoms with Crippen LogP contribution in [0.25, 0.3) is 0 Å². The zero-order valence-corrected chi connectivity index (χ0v) is 11.1. The molecule has 0 aromatic carbocycles. The van der Waals surface area contributed by atoms with E-state index >= 15 is 0 Å². The first-order chi connectivity index (χ1) is 8.50. The fourth-order valence-electron chi connectivity index (χ4n) is 3.59. The van der Waals surface area contributed by atoms with Crippen LogP contribution < -0.4 is 0 Å². The van der Waals surface area contributed by atoms with Crippen LogP contribution in [0.5, 0.6) is 0 Å². The van der Waals surface area contributed by atoms with E-state index in [1.807, 2.05) is 13.8 Å². The van der Waals surface area contributed by atoms with Crippen LogP contribution in [-0.4, -0.2) is 17.9 Å². The van der Waals surface area contributed by atoms with Gasteiger partial charge in [-0.2, -0.15) is 0 Å². The van der Waals surface area contributed by atoms with Gasteiger partial charge in [0, 0.05) is 17.6 Å². The van der Waals surface area contributed by atoms with E-state index in [1.54, 1.807) is 0 Å². The quantitative estimate of drug-likeness (QED) is 0.617. The number of carbonyl (C=O) groups excluding carboxylic acids is 2. The van der Waals surface area contributed by atoms with Crippen molar-refractivity contribution in [2.45, 2.75) is 46.1 Å². The second-order valence-electron chi connectivity index (χ2n) is 5.76. The number of hydrogen-bond acceptors (Lipinski definition) is 3. The third-order valence-corrected chi connectivity index (χ3v) is 4.74. The van der Waals surface area contributed by atoms with Crippen LogP contribution in [0.3, 0.4) is 0 Å². The monoisotopic (exact) mass is 246 g/mol. The Hall–Kier alpha value is -1.38. The van der Waals surface area contributed by atoms with E-state index in [-0.39, 0.29) is 17.9 Å². The first-order valence-corrected chi connectivity index (χ1v) is 6.66. The van der Waals surface area contributed by atoms with E-state index in [0.717, 1.165) is 29.6 Å². The van der Waals surface area contributed by atoms with Gasteiger partial charge >= 0.3 is 5.97 Å². The Kier molecular flexibility index (Phi) is 2.47. The maximum atomic E-state index is 12.0. The Labute approximate surface area is 107 Å². The zero-order chi connectivity index (χ0) is 13.0.